The first-order valence-corrected chi connectivity index (χ1v) is 5.21. The molecule has 0 spiro atoms. The van der Waals surface area contributed by atoms with Crippen LogP contribution in [-0.2, 0) is 6.54 Å². The summed E-state index contributed by atoms with van der Waals surface area (Å²) in [6.07, 6.45) is 0. The Bertz CT molecular complexity index is 478. The molecule has 1 aromatic heterocycles. The number of aromatic amines is 1. The average molecular weight is 238 g/mol. The molecule has 0 radical (unpaired) electrons. The standard InChI is InChI=1S/C11H12ClN3O/c1-16-8-4-2-7(3-5-8)11-14-9(6-13)10(12)15-11/h2-5H,6,13H2,1H3,(H,14,15). The van der Waals surface area contributed by atoms with Gasteiger partial charge >= 0.3 is 0 Å². The smallest absolute Gasteiger partial charge is 0.152 e. The molecule has 4 nitrogen and oxygen atoms in total. The average Bonchev–Trinajstić information content (AvgIpc) is 2.71. The zero-order chi connectivity index (χ0) is 11.5. The first-order chi connectivity index (χ1) is 7.74. The summed E-state index contributed by atoms with van der Waals surface area (Å²) in [5.41, 5.74) is 7.20. The van der Waals surface area contributed by atoms with Gasteiger partial charge in [-0.2, -0.15) is 0 Å². The molecule has 2 aromatic rings. The highest BCUT2D eigenvalue weighted by atomic mass is 35.5. The number of nitrogens with zero attached hydrogens (tertiary/aromatic N) is 1. The summed E-state index contributed by atoms with van der Waals surface area (Å²) in [6, 6.07) is 7.56. The number of methoxy groups -OCH3 is 1. The summed E-state index contributed by atoms with van der Waals surface area (Å²) in [7, 11) is 1.63. The molecule has 1 heterocycles. The van der Waals surface area contributed by atoms with E-state index < -0.39 is 0 Å². The van der Waals surface area contributed by atoms with Gasteiger partial charge in [0.1, 0.15) is 11.6 Å². The number of nitrogens with one attached hydrogen (secondary N) is 1. The number of hydrogen-bond donors (Lipinski definition) is 2. The number of imidazole rings is 1. The summed E-state index contributed by atoms with van der Waals surface area (Å²) in [5, 5.41) is 0.424. The topological polar surface area (TPSA) is 63.9 Å². The molecule has 84 valence electrons. The molecule has 0 aliphatic rings. The van der Waals surface area contributed by atoms with E-state index in [1.807, 2.05) is 24.3 Å². The number of nitrogens with two attached hydrogens (primary N) is 1. The molecule has 0 aliphatic heterocycles. The van der Waals surface area contributed by atoms with Gasteiger partial charge in [0, 0.05) is 12.1 Å². The number of H-pyrrole nitrogens is 1. The lowest BCUT2D eigenvalue weighted by molar-refractivity contribution is 0.415. The number of rotatable bonds is 3. The molecule has 0 bridgehead atoms. The molecule has 0 atom stereocenters. The van der Waals surface area contributed by atoms with Crippen molar-refractivity contribution in [2.24, 2.45) is 5.73 Å². The van der Waals surface area contributed by atoms with E-state index in [0.717, 1.165) is 17.0 Å². The number of halogens is 1. The van der Waals surface area contributed by atoms with Crippen molar-refractivity contribution in [3.63, 3.8) is 0 Å². The predicted molar refractivity (Wildman–Crippen MR) is 63.5 cm³/mol. The fourth-order valence-electron chi connectivity index (χ4n) is 1.41. The Morgan fingerprint density at radius 3 is 2.56 bits per heavy atom. The molecule has 0 aliphatic carbocycles. The second kappa shape index (κ2) is 4.55. The highest BCUT2D eigenvalue weighted by Gasteiger charge is 2.08. The lowest BCUT2D eigenvalue weighted by Gasteiger charge is -2.00. The molecule has 5 heteroatoms. The normalized spacial score (nSPS) is 10.4. The maximum absolute atomic E-state index is 5.91. The molecule has 3 N–H and O–H groups in total. The number of ether oxygens (including phenoxy) is 1. The fourth-order valence-corrected chi connectivity index (χ4v) is 1.62. The van der Waals surface area contributed by atoms with Crippen molar-refractivity contribution < 1.29 is 4.74 Å². The van der Waals surface area contributed by atoms with Crippen LogP contribution in [0.2, 0.25) is 5.15 Å². The third-order valence-electron chi connectivity index (χ3n) is 2.30. The number of hydrogen-bond acceptors (Lipinski definition) is 3. The van der Waals surface area contributed by atoms with E-state index >= 15 is 0 Å². The highest BCUT2D eigenvalue weighted by molar-refractivity contribution is 6.30. The minimum Gasteiger partial charge on any atom is -0.497 e. The van der Waals surface area contributed by atoms with Crippen molar-refractivity contribution in [2.45, 2.75) is 6.54 Å². The first-order valence-electron chi connectivity index (χ1n) is 4.83. The van der Waals surface area contributed by atoms with E-state index in [1.54, 1.807) is 7.11 Å². The second-order valence-corrected chi connectivity index (χ2v) is 3.65. The molecule has 16 heavy (non-hydrogen) atoms. The van der Waals surface area contributed by atoms with Crippen molar-refractivity contribution >= 4 is 11.6 Å². The fraction of sp³-hybridized carbons (Fsp3) is 0.182. The third kappa shape index (κ3) is 2.03. The quantitative estimate of drug-likeness (QED) is 0.860. The molecule has 0 fully saturated rings. The molecule has 2 rings (SSSR count). The minimum absolute atomic E-state index is 0.349. The van der Waals surface area contributed by atoms with Crippen LogP contribution in [0.25, 0.3) is 11.4 Å². The molecule has 0 saturated heterocycles. The van der Waals surface area contributed by atoms with Crippen LogP contribution in [0.4, 0.5) is 0 Å². The SMILES string of the molecule is COc1ccc(-c2nc(Cl)c(CN)[nH]2)cc1. The Kier molecular flexibility index (Phi) is 3.12. The monoisotopic (exact) mass is 237 g/mol. The third-order valence-corrected chi connectivity index (χ3v) is 2.61. The predicted octanol–water partition coefficient (Wildman–Crippen LogP) is 2.20. The van der Waals surface area contributed by atoms with Crippen molar-refractivity contribution in [3.8, 4) is 17.1 Å². The van der Waals surface area contributed by atoms with Gasteiger partial charge in [0.2, 0.25) is 0 Å². The van der Waals surface area contributed by atoms with Crippen LogP contribution >= 0.6 is 11.6 Å². The van der Waals surface area contributed by atoms with Gasteiger partial charge in [-0.1, -0.05) is 11.6 Å². The Hall–Kier alpha value is -1.52. The van der Waals surface area contributed by atoms with E-state index in [-0.39, 0.29) is 0 Å². The number of benzene rings is 1. The Morgan fingerprint density at radius 2 is 2.06 bits per heavy atom. The summed E-state index contributed by atoms with van der Waals surface area (Å²) in [5.74, 6) is 1.52. The minimum atomic E-state index is 0.349. The molecular formula is C11H12ClN3O. The molecule has 0 unspecified atom stereocenters. The van der Waals surface area contributed by atoms with Crippen LogP contribution in [0, 0.1) is 0 Å². The van der Waals surface area contributed by atoms with Crippen molar-refractivity contribution in [1.29, 1.82) is 0 Å². The maximum Gasteiger partial charge on any atom is 0.152 e. The van der Waals surface area contributed by atoms with Crippen LogP contribution in [0.3, 0.4) is 0 Å². The van der Waals surface area contributed by atoms with Gasteiger partial charge in [-0.25, -0.2) is 4.98 Å². The lowest BCUT2D eigenvalue weighted by Crippen LogP contribution is -1.96. The van der Waals surface area contributed by atoms with E-state index in [4.69, 9.17) is 22.1 Å². The van der Waals surface area contributed by atoms with Crippen LogP contribution < -0.4 is 10.5 Å². The Labute approximate surface area is 98.4 Å². The summed E-state index contributed by atoms with van der Waals surface area (Å²) < 4.78 is 5.08. The molecule has 1 aromatic carbocycles. The van der Waals surface area contributed by atoms with Crippen LogP contribution in [-0.4, -0.2) is 17.1 Å². The van der Waals surface area contributed by atoms with Crippen molar-refractivity contribution in [3.05, 3.63) is 35.1 Å². The van der Waals surface area contributed by atoms with Gasteiger partial charge in [0.05, 0.1) is 12.8 Å². The Balaban J connectivity index is 2.34. The zero-order valence-corrected chi connectivity index (χ0v) is 9.58. The van der Waals surface area contributed by atoms with E-state index in [2.05, 4.69) is 9.97 Å². The molecule has 0 saturated carbocycles. The first kappa shape index (κ1) is 11.0. The number of aromatic nitrogens is 2. The van der Waals surface area contributed by atoms with Gasteiger partial charge in [-0.3, -0.25) is 0 Å². The van der Waals surface area contributed by atoms with Gasteiger partial charge in [0.25, 0.3) is 0 Å². The summed E-state index contributed by atoms with van der Waals surface area (Å²) in [4.78, 5) is 7.27. The van der Waals surface area contributed by atoms with Crippen molar-refractivity contribution in [1.82, 2.24) is 9.97 Å². The van der Waals surface area contributed by atoms with Crippen LogP contribution in [0.15, 0.2) is 24.3 Å². The second-order valence-electron chi connectivity index (χ2n) is 3.29. The lowest BCUT2D eigenvalue weighted by atomic mass is 10.2. The van der Waals surface area contributed by atoms with Gasteiger partial charge in [-0.15, -0.1) is 0 Å². The van der Waals surface area contributed by atoms with Gasteiger partial charge < -0.3 is 15.5 Å². The zero-order valence-electron chi connectivity index (χ0n) is 8.83. The van der Waals surface area contributed by atoms with E-state index in [9.17, 15) is 0 Å². The van der Waals surface area contributed by atoms with Gasteiger partial charge in [-0.05, 0) is 24.3 Å². The van der Waals surface area contributed by atoms with E-state index in [1.165, 1.54) is 0 Å². The molecular weight excluding hydrogens is 226 g/mol. The molecule has 0 amide bonds. The van der Waals surface area contributed by atoms with Crippen molar-refractivity contribution in [2.75, 3.05) is 7.11 Å². The maximum atomic E-state index is 5.91. The largest absolute Gasteiger partial charge is 0.497 e. The van der Waals surface area contributed by atoms with Crippen LogP contribution in [0.1, 0.15) is 5.69 Å². The van der Waals surface area contributed by atoms with Crippen LogP contribution in [0.5, 0.6) is 5.75 Å². The summed E-state index contributed by atoms with van der Waals surface area (Å²) >= 11 is 5.91. The highest BCUT2D eigenvalue weighted by Crippen LogP contribution is 2.23. The Morgan fingerprint density at radius 1 is 1.38 bits per heavy atom. The van der Waals surface area contributed by atoms with Gasteiger partial charge in [0.15, 0.2) is 5.15 Å². The summed E-state index contributed by atoms with van der Waals surface area (Å²) in [6.45, 7) is 0.349. The van der Waals surface area contributed by atoms with E-state index in [0.29, 0.717) is 17.5 Å².